The number of carbonyl (C=O) groups is 1. The van der Waals surface area contributed by atoms with Gasteiger partial charge in [0.15, 0.2) is 0 Å². The normalized spacial score (nSPS) is 23.6. The Labute approximate surface area is 192 Å². The first kappa shape index (κ1) is 26.0. The molecule has 2 fully saturated rings. The minimum atomic E-state index is 0.133. The number of ether oxygens (including phenoxy) is 2. The van der Waals surface area contributed by atoms with Crippen molar-refractivity contribution in [1.82, 2.24) is 5.32 Å². The van der Waals surface area contributed by atoms with E-state index in [1.807, 2.05) is 32.4 Å². The molecule has 0 aromatic heterocycles. The largest absolute Gasteiger partial charge is 0.378 e. The maximum atomic E-state index is 12.9. The van der Waals surface area contributed by atoms with Crippen LogP contribution in [0.5, 0.6) is 0 Å². The molecular formula is C20H38N2O3S4. The summed E-state index contributed by atoms with van der Waals surface area (Å²) >= 11 is 0. The number of unbranched alkanes of at least 4 members (excludes halogenated alkanes) is 1. The van der Waals surface area contributed by atoms with Crippen molar-refractivity contribution < 1.29 is 14.3 Å². The Kier molecular flexibility index (Phi) is 15.5. The molecule has 1 amide bonds. The summed E-state index contributed by atoms with van der Waals surface area (Å²) in [6.45, 7) is 3.32. The number of hydrogen-bond acceptors (Lipinski definition) is 8. The van der Waals surface area contributed by atoms with Crippen molar-refractivity contribution in [2.24, 2.45) is 11.7 Å². The Morgan fingerprint density at radius 1 is 1.00 bits per heavy atom. The standard InChI is InChI=1S/C20H38N2O3S4/c21-9-11-24-13-14-25-12-10-22-20(23)18(19-8-4-16-27-29-19)7-2-1-5-17-6-3-15-26-28-17/h17-19H,1-16,21H2,(H,22,23). The summed E-state index contributed by atoms with van der Waals surface area (Å²) in [5.41, 5.74) is 5.38. The van der Waals surface area contributed by atoms with Crippen LogP contribution in [0.3, 0.4) is 0 Å². The number of carbonyl (C=O) groups excluding carboxylic acids is 1. The molecule has 0 bridgehead atoms. The molecule has 9 heteroatoms. The third kappa shape index (κ3) is 11.8. The summed E-state index contributed by atoms with van der Waals surface area (Å²) in [5, 5.41) is 4.40. The average Bonchev–Trinajstić information content (AvgIpc) is 2.77. The van der Waals surface area contributed by atoms with E-state index in [-0.39, 0.29) is 11.8 Å². The molecule has 2 aliphatic rings. The monoisotopic (exact) mass is 482 g/mol. The smallest absolute Gasteiger partial charge is 0.224 e. The average molecular weight is 483 g/mol. The predicted octanol–water partition coefficient (Wildman–Crippen LogP) is 4.36. The van der Waals surface area contributed by atoms with Crippen LogP contribution in [0.25, 0.3) is 0 Å². The zero-order chi connectivity index (χ0) is 20.6. The number of rotatable bonds is 15. The van der Waals surface area contributed by atoms with Crippen molar-refractivity contribution in [2.45, 2.75) is 61.9 Å². The van der Waals surface area contributed by atoms with E-state index in [9.17, 15) is 4.79 Å². The fraction of sp³-hybridized carbons (Fsp3) is 0.950. The third-order valence-corrected chi connectivity index (χ3v) is 11.2. The molecule has 170 valence electrons. The first-order chi connectivity index (χ1) is 14.3. The Morgan fingerprint density at radius 3 is 2.45 bits per heavy atom. The summed E-state index contributed by atoms with van der Waals surface area (Å²) in [4.78, 5) is 12.9. The SMILES string of the molecule is NCCOCCOCCNC(=O)C(CCCCC1CCCSS1)C1CCCSS1. The van der Waals surface area contributed by atoms with E-state index in [2.05, 4.69) is 16.1 Å². The van der Waals surface area contributed by atoms with Gasteiger partial charge < -0.3 is 20.5 Å². The molecule has 5 nitrogen and oxygen atoms in total. The van der Waals surface area contributed by atoms with Gasteiger partial charge in [0.25, 0.3) is 0 Å². The molecule has 2 heterocycles. The zero-order valence-corrected chi connectivity index (χ0v) is 20.7. The van der Waals surface area contributed by atoms with E-state index in [4.69, 9.17) is 15.2 Å². The summed E-state index contributed by atoms with van der Waals surface area (Å²) < 4.78 is 10.8. The second kappa shape index (κ2) is 17.3. The Balaban J connectivity index is 1.63. The lowest BCUT2D eigenvalue weighted by molar-refractivity contribution is -0.125. The van der Waals surface area contributed by atoms with Gasteiger partial charge in [-0.05, 0) is 38.5 Å². The van der Waals surface area contributed by atoms with Crippen molar-refractivity contribution >= 4 is 49.1 Å². The highest BCUT2D eigenvalue weighted by atomic mass is 33.1. The molecular weight excluding hydrogens is 444 g/mol. The van der Waals surface area contributed by atoms with Crippen LogP contribution in [0.2, 0.25) is 0 Å². The summed E-state index contributed by atoms with van der Waals surface area (Å²) in [5.74, 6) is 2.88. The Hall–Kier alpha value is 0.750. The number of hydrogen-bond donors (Lipinski definition) is 2. The lowest BCUT2D eigenvalue weighted by Gasteiger charge is -2.28. The van der Waals surface area contributed by atoms with Crippen LogP contribution in [0, 0.1) is 5.92 Å². The summed E-state index contributed by atoms with van der Waals surface area (Å²) in [6, 6.07) is 0. The fourth-order valence-corrected chi connectivity index (χ4v) is 9.52. The quantitative estimate of drug-likeness (QED) is 0.263. The molecule has 0 aliphatic carbocycles. The first-order valence-electron chi connectivity index (χ1n) is 11.0. The van der Waals surface area contributed by atoms with Crippen LogP contribution in [0.1, 0.15) is 51.4 Å². The minimum absolute atomic E-state index is 0.133. The molecule has 0 aromatic rings. The van der Waals surface area contributed by atoms with Gasteiger partial charge >= 0.3 is 0 Å². The molecule has 0 spiro atoms. The van der Waals surface area contributed by atoms with Crippen LogP contribution >= 0.6 is 43.2 Å². The maximum Gasteiger partial charge on any atom is 0.224 e. The zero-order valence-electron chi connectivity index (χ0n) is 17.5. The second-order valence-corrected chi connectivity index (χ2v) is 13.0. The van der Waals surface area contributed by atoms with Crippen molar-refractivity contribution in [1.29, 1.82) is 0 Å². The Morgan fingerprint density at radius 2 is 1.76 bits per heavy atom. The minimum Gasteiger partial charge on any atom is -0.378 e. The van der Waals surface area contributed by atoms with Crippen LogP contribution in [-0.2, 0) is 14.3 Å². The molecule has 29 heavy (non-hydrogen) atoms. The molecule has 0 saturated carbocycles. The molecule has 2 saturated heterocycles. The van der Waals surface area contributed by atoms with Crippen molar-refractivity contribution in [2.75, 3.05) is 51.0 Å². The van der Waals surface area contributed by atoms with E-state index in [0.29, 0.717) is 44.8 Å². The highest BCUT2D eigenvalue weighted by Gasteiger charge is 2.30. The van der Waals surface area contributed by atoms with Gasteiger partial charge in [-0.3, -0.25) is 4.79 Å². The van der Waals surface area contributed by atoms with Crippen LogP contribution in [-0.4, -0.2) is 67.4 Å². The molecule has 0 radical (unpaired) electrons. The second-order valence-electron chi connectivity index (χ2n) is 7.48. The molecule has 3 atom stereocenters. The highest BCUT2D eigenvalue weighted by Crippen LogP contribution is 2.41. The molecule has 2 aliphatic heterocycles. The number of nitrogens with two attached hydrogens (primary N) is 1. The first-order valence-corrected chi connectivity index (χ1v) is 15.8. The topological polar surface area (TPSA) is 73.6 Å². The van der Waals surface area contributed by atoms with Gasteiger partial charge in [-0.2, -0.15) is 0 Å². The van der Waals surface area contributed by atoms with Gasteiger partial charge in [-0.25, -0.2) is 0 Å². The van der Waals surface area contributed by atoms with Gasteiger partial charge in [0.1, 0.15) is 0 Å². The van der Waals surface area contributed by atoms with Crippen LogP contribution in [0.4, 0.5) is 0 Å². The molecule has 2 rings (SSSR count). The van der Waals surface area contributed by atoms with Crippen LogP contribution < -0.4 is 11.1 Å². The third-order valence-electron chi connectivity index (χ3n) is 5.12. The lowest BCUT2D eigenvalue weighted by atomic mass is 9.93. The maximum absolute atomic E-state index is 12.9. The summed E-state index contributed by atoms with van der Waals surface area (Å²) in [6.07, 6.45) is 9.86. The van der Waals surface area contributed by atoms with E-state index >= 15 is 0 Å². The van der Waals surface area contributed by atoms with E-state index in [1.54, 1.807) is 0 Å². The molecule has 3 N–H and O–H groups in total. The van der Waals surface area contributed by atoms with Gasteiger partial charge in [0.05, 0.1) is 32.3 Å². The van der Waals surface area contributed by atoms with Crippen molar-refractivity contribution in [3.63, 3.8) is 0 Å². The number of amides is 1. The van der Waals surface area contributed by atoms with E-state index in [1.165, 1.54) is 50.0 Å². The van der Waals surface area contributed by atoms with Crippen LogP contribution in [0.15, 0.2) is 0 Å². The predicted molar refractivity (Wildman–Crippen MR) is 132 cm³/mol. The molecule has 3 unspecified atom stereocenters. The van der Waals surface area contributed by atoms with Gasteiger partial charge in [-0.15, -0.1) is 0 Å². The fourth-order valence-electron chi connectivity index (χ4n) is 3.56. The van der Waals surface area contributed by atoms with E-state index < -0.39 is 0 Å². The van der Waals surface area contributed by atoms with Gasteiger partial charge in [0.2, 0.25) is 5.91 Å². The molecule has 0 aromatic carbocycles. The van der Waals surface area contributed by atoms with Crippen molar-refractivity contribution in [3.05, 3.63) is 0 Å². The number of nitrogens with one attached hydrogen (secondary N) is 1. The van der Waals surface area contributed by atoms with Gasteiger partial charge in [-0.1, -0.05) is 56.0 Å². The Bertz CT molecular complexity index is 423. The lowest BCUT2D eigenvalue weighted by Crippen LogP contribution is -2.38. The van der Waals surface area contributed by atoms with E-state index in [0.717, 1.165) is 18.1 Å². The van der Waals surface area contributed by atoms with Crippen molar-refractivity contribution in [3.8, 4) is 0 Å². The van der Waals surface area contributed by atoms with Gasteiger partial charge in [0, 0.05) is 35.1 Å². The summed E-state index contributed by atoms with van der Waals surface area (Å²) in [7, 11) is 7.98. The highest BCUT2D eigenvalue weighted by molar-refractivity contribution is 8.77.